The van der Waals surface area contributed by atoms with Crippen molar-refractivity contribution in [3.05, 3.63) is 53.6 Å². The van der Waals surface area contributed by atoms with E-state index < -0.39 is 0 Å². The fourth-order valence-electron chi connectivity index (χ4n) is 3.36. The van der Waals surface area contributed by atoms with Crippen molar-refractivity contribution in [2.24, 2.45) is 0 Å². The van der Waals surface area contributed by atoms with Gasteiger partial charge in [-0.3, -0.25) is 4.79 Å². The molecule has 0 radical (unpaired) electrons. The van der Waals surface area contributed by atoms with Gasteiger partial charge in [0.2, 0.25) is 0 Å². The monoisotopic (exact) mass is 353 g/mol. The summed E-state index contributed by atoms with van der Waals surface area (Å²) < 4.78 is 5.18. The van der Waals surface area contributed by atoms with Crippen LogP contribution in [0, 0.1) is 6.92 Å². The van der Waals surface area contributed by atoms with Crippen LogP contribution < -0.4 is 15.0 Å². The number of methoxy groups -OCH3 is 1. The Hall–Kier alpha value is -2.53. The van der Waals surface area contributed by atoms with Crippen LogP contribution in [0.1, 0.15) is 22.8 Å². The smallest absolute Gasteiger partial charge is 0.255 e. The van der Waals surface area contributed by atoms with Crippen LogP contribution in [0.15, 0.2) is 42.5 Å². The molecule has 0 unspecified atom stereocenters. The van der Waals surface area contributed by atoms with Gasteiger partial charge in [-0.2, -0.15) is 0 Å². The summed E-state index contributed by atoms with van der Waals surface area (Å²) in [6, 6.07) is 13.3. The van der Waals surface area contributed by atoms with Gasteiger partial charge in [-0.25, -0.2) is 0 Å². The Labute approximate surface area is 155 Å². The Morgan fingerprint density at radius 2 is 1.88 bits per heavy atom. The molecule has 0 atom stereocenters. The number of likely N-dealkylation sites (N-methyl/N-ethyl adjacent to an activating group) is 1. The van der Waals surface area contributed by atoms with Gasteiger partial charge in [-0.05, 0) is 55.4 Å². The minimum absolute atomic E-state index is 0.132. The van der Waals surface area contributed by atoms with Crippen molar-refractivity contribution in [2.45, 2.75) is 13.8 Å². The lowest BCUT2D eigenvalue weighted by Gasteiger charge is -2.36. The molecule has 5 nitrogen and oxygen atoms in total. The number of hydrogen-bond acceptors (Lipinski definition) is 4. The molecule has 1 amide bonds. The maximum absolute atomic E-state index is 12.5. The van der Waals surface area contributed by atoms with E-state index in [9.17, 15) is 4.79 Å². The fraction of sp³-hybridized carbons (Fsp3) is 0.381. The quantitative estimate of drug-likeness (QED) is 0.895. The van der Waals surface area contributed by atoms with Crippen molar-refractivity contribution < 1.29 is 9.53 Å². The molecule has 1 heterocycles. The SMILES string of the molecule is CCN1CCN(c2ccc(NC(=O)c3cccc(OC)c3)cc2C)CC1. The molecule has 0 aromatic heterocycles. The van der Waals surface area contributed by atoms with Gasteiger partial charge in [0.1, 0.15) is 5.75 Å². The van der Waals surface area contributed by atoms with E-state index in [1.165, 1.54) is 11.3 Å². The predicted molar refractivity (Wildman–Crippen MR) is 106 cm³/mol. The minimum atomic E-state index is -0.132. The first-order valence-corrected chi connectivity index (χ1v) is 9.14. The lowest BCUT2D eigenvalue weighted by atomic mass is 10.1. The molecule has 0 aliphatic carbocycles. The second-order valence-corrected chi connectivity index (χ2v) is 6.61. The van der Waals surface area contributed by atoms with Crippen molar-refractivity contribution in [3.8, 4) is 5.75 Å². The van der Waals surface area contributed by atoms with Crippen LogP contribution in [0.2, 0.25) is 0 Å². The second kappa shape index (κ2) is 8.23. The number of rotatable bonds is 5. The molecule has 1 aliphatic heterocycles. The summed E-state index contributed by atoms with van der Waals surface area (Å²) in [7, 11) is 1.60. The molecule has 1 aliphatic rings. The third-order valence-electron chi connectivity index (χ3n) is 4.95. The molecule has 26 heavy (non-hydrogen) atoms. The number of carbonyl (C=O) groups is 1. The summed E-state index contributed by atoms with van der Waals surface area (Å²) >= 11 is 0. The van der Waals surface area contributed by atoms with Gasteiger partial charge in [-0.15, -0.1) is 0 Å². The summed E-state index contributed by atoms with van der Waals surface area (Å²) in [4.78, 5) is 17.4. The van der Waals surface area contributed by atoms with E-state index in [0.29, 0.717) is 11.3 Å². The molecule has 1 fully saturated rings. The highest BCUT2D eigenvalue weighted by Crippen LogP contribution is 2.25. The summed E-state index contributed by atoms with van der Waals surface area (Å²) in [5, 5.41) is 2.98. The van der Waals surface area contributed by atoms with Gasteiger partial charge in [-0.1, -0.05) is 13.0 Å². The van der Waals surface area contributed by atoms with Crippen molar-refractivity contribution in [2.75, 3.05) is 50.1 Å². The van der Waals surface area contributed by atoms with Gasteiger partial charge in [0.15, 0.2) is 0 Å². The van der Waals surface area contributed by atoms with Gasteiger partial charge >= 0.3 is 0 Å². The number of benzene rings is 2. The van der Waals surface area contributed by atoms with E-state index >= 15 is 0 Å². The first-order chi connectivity index (χ1) is 12.6. The molecule has 2 aromatic rings. The van der Waals surface area contributed by atoms with Crippen LogP contribution in [0.5, 0.6) is 5.75 Å². The molecule has 0 bridgehead atoms. The highest BCUT2D eigenvalue weighted by atomic mass is 16.5. The Morgan fingerprint density at radius 3 is 2.54 bits per heavy atom. The van der Waals surface area contributed by atoms with Gasteiger partial charge in [0.25, 0.3) is 5.91 Å². The third kappa shape index (κ3) is 4.17. The van der Waals surface area contributed by atoms with Crippen molar-refractivity contribution in [3.63, 3.8) is 0 Å². The number of aryl methyl sites for hydroxylation is 1. The number of amides is 1. The van der Waals surface area contributed by atoms with E-state index in [1.807, 2.05) is 24.3 Å². The molecule has 0 spiro atoms. The predicted octanol–water partition coefficient (Wildman–Crippen LogP) is 3.40. The van der Waals surface area contributed by atoms with Crippen molar-refractivity contribution in [1.29, 1.82) is 0 Å². The van der Waals surface area contributed by atoms with Crippen LogP contribution in [0.3, 0.4) is 0 Å². The van der Waals surface area contributed by atoms with Gasteiger partial charge in [0.05, 0.1) is 7.11 Å². The molecule has 5 heteroatoms. The zero-order valence-electron chi connectivity index (χ0n) is 15.8. The molecular formula is C21H27N3O2. The first kappa shape index (κ1) is 18.3. The zero-order valence-corrected chi connectivity index (χ0v) is 15.8. The highest BCUT2D eigenvalue weighted by molar-refractivity contribution is 6.04. The van der Waals surface area contributed by atoms with Crippen LogP contribution in [-0.2, 0) is 0 Å². The summed E-state index contributed by atoms with van der Waals surface area (Å²) in [6.07, 6.45) is 0. The fourth-order valence-corrected chi connectivity index (χ4v) is 3.36. The number of nitrogens with zero attached hydrogens (tertiary/aromatic N) is 2. The normalized spacial score (nSPS) is 15.0. The highest BCUT2D eigenvalue weighted by Gasteiger charge is 2.17. The summed E-state index contributed by atoms with van der Waals surface area (Å²) in [5.74, 6) is 0.544. The molecule has 0 saturated carbocycles. The molecule has 138 valence electrons. The van der Waals surface area contributed by atoms with Crippen LogP contribution in [0.4, 0.5) is 11.4 Å². The number of ether oxygens (including phenoxy) is 1. The van der Waals surface area contributed by atoms with Crippen molar-refractivity contribution in [1.82, 2.24) is 4.90 Å². The van der Waals surface area contributed by atoms with Gasteiger partial charge < -0.3 is 19.9 Å². The number of nitrogens with one attached hydrogen (secondary N) is 1. The van der Waals surface area contributed by atoms with Crippen molar-refractivity contribution >= 4 is 17.3 Å². The van der Waals surface area contributed by atoms with Crippen LogP contribution in [0.25, 0.3) is 0 Å². The number of carbonyl (C=O) groups excluding carboxylic acids is 1. The zero-order chi connectivity index (χ0) is 18.5. The average molecular weight is 353 g/mol. The first-order valence-electron chi connectivity index (χ1n) is 9.14. The van der Waals surface area contributed by atoms with Crippen LogP contribution >= 0.6 is 0 Å². The molecule has 2 aromatic carbocycles. The standard InChI is InChI=1S/C21H27N3O2/c1-4-23-10-12-24(13-11-23)20-9-8-18(14-16(20)2)22-21(25)17-6-5-7-19(15-17)26-3/h5-9,14-15H,4,10-13H2,1-3H3,(H,22,25). The van der Waals surface area contributed by atoms with E-state index in [1.54, 1.807) is 19.2 Å². The van der Waals surface area contributed by atoms with Gasteiger partial charge in [0, 0.05) is 43.1 Å². The second-order valence-electron chi connectivity index (χ2n) is 6.61. The third-order valence-corrected chi connectivity index (χ3v) is 4.95. The Bertz CT molecular complexity index is 768. The minimum Gasteiger partial charge on any atom is -0.497 e. The van der Waals surface area contributed by atoms with E-state index in [-0.39, 0.29) is 5.91 Å². The Morgan fingerprint density at radius 1 is 1.12 bits per heavy atom. The Balaban J connectivity index is 1.68. The van der Waals surface area contributed by atoms with Crippen LogP contribution in [-0.4, -0.2) is 50.6 Å². The van der Waals surface area contributed by atoms with E-state index in [2.05, 4.69) is 35.0 Å². The van der Waals surface area contributed by atoms with E-state index in [4.69, 9.17) is 4.74 Å². The lowest BCUT2D eigenvalue weighted by Crippen LogP contribution is -2.46. The molecular weight excluding hydrogens is 326 g/mol. The summed E-state index contributed by atoms with van der Waals surface area (Å²) in [6.45, 7) is 9.72. The Kier molecular flexibility index (Phi) is 5.78. The molecule has 1 N–H and O–H groups in total. The maximum Gasteiger partial charge on any atom is 0.255 e. The maximum atomic E-state index is 12.5. The number of anilines is 2. The average Bonchev–Trinajstić information content (AvgIpc) is 2.68. The molecule has 3 rings (SSSR count). The summed E-state index contributed by atoms with van der Waals surface area (Å²) in [5.41, 5.74) is 3.83. The molecule has 1 saturated heterocycles. The topological polar surface area (TPSA) is 44.8 Å². The number of hydrogen-bond donors (Lipinski definition) is 1. The lowest BCUT2D eigenvalue weighted by molar-refractivity contribution is 0.102. The van der Waals surface area contributed by atoms with E-state index in [0.717, 1.165) is 38.4 Å². The largest absolute Gasteiger partial charge is 0.497 e. The number of piperazine rings is 1.